The standard InChI is InChI=1S/C21H21N5O2S/c1-3-25-12-10-18(24-25)20(27)26(14-15-7-5-6-11-22-15)21-23-17-9-8-16(28-4-2)13-19(17)29-21/h5-13H,3-4,14H2,1-2H3. The number of nitrogens with zero attached hydrogens (tertiary/aromatic N) is 5. The van der Waals surface area contributed by atoms with Gasteiger partial charge in [-0.3, -0.25) is 19.4 Å². The molecule has 29 heavy (non-hydrogen) atoms. The summed E-state index contributed by atoms with van der Waals surface area (Å²) < 4.78 is 8.28. The van der Waals surface area contributed by atoms with Gasteiger partial charge in [0.25, 0.3) is 5.91 Å². The number of aromatic nitrogens is 4. The fourth-order valence-electron chi connectivity index (χ4n) is 2.93. The number of carbonyl (C=O) groups is 1. The fraction of sp³-hybridized carbons (Fsp3) is 0.238. The number of anilines is 1. The second-order valence-corrected chi connectivity index (χ2v) is 7.34. The van der Waals surface area contributed by atoms with Crippen LogP contribution in [0.15, 0.2) is 54.9 Å². The summed E-state index contributed by atoms with van der Waals surface area (Å²) >= 11 is 1.45. The first-order valence-electron chi connectivity index (χ1n) is 9.46. The molecule has 0 unspecified atom stereocenters. The molecule has 0 aliphatic carbocycles. The number of carbonyl (C=O) groups excluding carboxylic acids is 1. The highest BCUT2D eigenvalue weighted by atomic mass is 32.1. The number of thiazole rings is 1. The molecule has 0 saturated heterocycles. The maximum Gasteiger partial charge on any atom is 0.280 e. The van der Waals surface area contributed by atoms with E-state index in [1.165, 1.54) is 11.3 Å². The lowest BCUT2D eigenvalue weighted by Gasteiger charge is -2.18. The number of pyridine rings is 1. The van der Waals surface area contributed by atoms with Crippen LogP contribution in [-0.4, -0.2) is 32.3 Å². The Morgan fingerprint density at radius 2 is 2.10 bits per heavy atom. The van der Waals surface area contributed by atoms with Gasteiger partial charge in [0.15, 0.2) is 10.8 Å². The van der Waals surface area contributed by atoms with Crippen LogP contribution in [0.25, 0.3) is 10.2 Å². The Morgan fingerprint density at radius 1 is 1.21 bits per heavy atom. The maximum atomic E-state index is 13.3. The van der Waals surface area contributed by atoms with Gasteiger partial charge >= 0.3 is 0 Å². The molecule has 0 bridgehead atoms. The molecule has 4 aromatic rings. The number of ether oxygens (including phenoxy) is 1. The van der Waals surface area contributed by atoms with Crippen molar-refractivity contribution in [2.24, 2.45) is 0 Å². The monoisotopic (exact) mass is 407 g/mol. The number of aryl methyl sites for hydroxylation is 1. The number of fused-ring (bicyclic) bond motifs is 1. The van der Waals surface area contributed by atoms with E-state index in [4.69, 9.17) is 4.74 Å². The minimum atomic E-state index is -0.202. The second-order valence-electron chi connectivity index (χ2n) is 6.33. The first kappa shape index (κ1) is 19.1. The van der Waals surface area contributed by atoms with Gasteiger partial charge in [0.2, 0.25) is 0 Å². The Morgan fingerprint density at radius 3 is 2.83 bits per heavy atom. The van der Waals surface area contributed by atoms with Crippen molar-refractivity contribution < 1.29 is 9.53 Å². The molecule has 0 atom stereocenters. The lowest BCUT2D eigenvalue weighted by molar-refractivity contribution is 0.0979. The van der Waals surface area contributed by atoms with Crippen LogP contribution in [-0.2, 0) is 13.1 Å². The molecule has 3 aromatic heterocycles. The minimum absolute atomic E-state index is 0.202. The van der Waals surface area contributed by atoms with Gasteiger partial charge in [0, 0.05) is 18.9 Å². The predicted molar refractivity (Wildman–Crippen MR) is 113 cm³/mol. The van der Waals surface area contributed by atoms with Crippen molar-refractivity contribution in [1.29, 1.82) is 0 Å². The second kappa shape index (κ2) is 8.40. The van der Waals surface area contributed by atoms with Crippen LogP contribution in [0.5, 0.6) is 5.75 Å². The van der Waals surface area contributed by atoms with E-state index < -0.39 is 0 Å². The Bertz CT molecular complexity index is 1120. The van der Waals surface area contributed by atoms with E-state index >= 15 is 0 Å². The molecule has 0 N–H and O–H groups in total. The van der Waals surface area contributed by atoms with E-state index in [9.17, 15) is 4.79 Å². The molecule has 0 saturated carbocycles. The molecule has 1 amide bonds. The fourth-order valence-corrected chi connectivity index (χ4v) is 3.93. The van der Waals surface area contributed by atoms with Gasteiger partial charge in [0.05, 0.1) is 29.1 Å². The molecular weight excluding hydrogens is 386 g/mol. The van der Waals surface area contributed by atoms with Crippen LogP contribution in [0.1, 0.15) is 30.0 Å². The van der Waals surface area contributed by atoms with Crippen LogP contribution >= 0.6 is 11.3 Å². The zero-order valence-electron chi connectivity index (χ0n) is 16.3. The molecule has 0 aliphatic heterocycles. The molecule has 4 rings (SSSR count). The highest BCUT2D eigenvalue weighted by Gasteiger charge is 2.24. The van der Waals surface area contributed by atoms with Gasteiger partial charge in [-0.15, -0.1) is 0 Å². The number of benzene rings is 1. The third-order valence-electron chi connectivity index (χ3n) is 4.37. The highest BCUT2D eigenvalue weighted by Crippen LogP contribution is 2.32. The smallest absolute Gasteiger partial charge is 0.280 e. The molecule has 0 radical (unpaired) electrons. The van der Waals surface area contributed by atoms with Gasteiger partial charge in [-0.2, -0.15) is 5.10 Å². The van der Waals surface area contributed by atoms with E-state index in [1.54, 1.807) is 28.0 Å². The van der Waals surface area contributed by atoms with Crippen molar-refractivity contribution in [2.75, 3.05) is 11.5 Å². The normalized spacial score (nSPS) is 11.0. The first-order chi connectivity index (χ1) is 14.2. The summed E-state index contributed by atoms with van der Waals surface area (Å²) in [7, 11) is 0. The molecule has 1 aromatic carbocycles. The molecular formula is C21H21N5O2S. The summed E-state index contributed by atoms with van der Waals surface area (Å²) in [5, 5.41) is 4.98. The molecule has 3 heterocycles. The summed E-state index contributed by atoms with van der Waals surface area (Å²) in [5.74, 6) is 0.589. The Labute approximate surface area is 172 Å². The SMILES string of the molecule is CCOc1ccc2nc(N(Cc3ccccn3)C(=O)c3ccn(CC)n3)sc2c1. The third-order valence-corrected chi connectivity index (χ3v) is 5.41. The first-order valence-corrected chi connectivity index (χ1v) is 10.3. The number of hydrogen-bond acceptors (Lipinski definition) is 6. The average Bonchev–Trinajstić information content (AvgIpc) is 3.39. The van der Waals surface area contributed by atoms with Gasteiger partial charge in [0.1, 0.15) is 5.75 Å². The van der Waals surface area contributed by atoms with Gasteiger partial charge < -0.3 is 4.74 Å². The minimum Gasteiger partial charge on any atom is -0.494 e. The van der Waals surface area contributed by atoms with E-state index in [-0.39, 0.29) is 5.91 Å². The number of hydrogen-bond donors (Lipinski definition) is 0. The van der Waals surface area contributed by atoms with Crippen LogP contribution in [0.3, 0.4) is 0 Å². The van der Waals surface area contributed by atoms with E-state index in [1.807, 2.05) is 50.2 Å². The Balaban J connectivity index is 1.72. The van der Waals surface area contributed by atoms with Crippen LogP contribution < -0.4 is 9.64 Å². The number of amides is 1. The van der Waals surface area contributed by atoms with Crippen LogP contribution in [0.2, 0.25) is 0 Å². The van der Waals surface area contributed by atoms with Crippen molar-refractivity contribution in [3.8, 4) is 5.75 Å². The third kappa shape index (κ3) is 4.12. The van der Waals surface area contributed by atoms with E-state index in [2.05, 4.69) is 15.1 Å². The molecule has 0 aliphatic rings. The van der Waals surface area contributed by atoms with Crippen molar-refractivity contribution in [3.05, 3.63) is 66.2 Å². The average molecular weight is 407 g/mol. The summed E-state index contributed by atoms with van der Waals surface area (Å²) in [6.45, 7) is 5.55. The molecule has 7 nitrogen and oxygen atoms in total. The zero-order valence-corrected chi connectivity index (χ0v) is 17.1. The number of rotatable bonds is 7. The topological polar surface area (TPSA) is 73.1 Å². The Kier molecular flexibility index (Phi) is 5.53. The van der Waals surface area contributed by atoms with Crippen molar-refractivity contribution >= 4 is 32.6 Å². The lowest BCUT2D eigenvalue weighted by atomic mass is 10.3. The molecule has 0 fully saturated rings. The van der Waals surface area contributed by atoms with Crippen LogP contribution in [0, 0.1) is 0 Å². The van der Waals surface area contributed by atoms with Crippen molar-refractivity contribution in [3.63, 3.8) is 0 Å². The predicted octanol–water partition coefficient (Wildman–Crippen LogP) is 4.15. The quantitative estimate of drug-likeness (QED) is 0.460. The highest BCUT2D eigenvalue weighted by molar-refractivity contribution is 7.22. The van der Waals surface area contributed by atoms with Crippen molar-refractivity contribution in [1.82, 2.24) is 19.7 Å². The zero-order chi connectivity index (χ0) is 20.2. The van der Waals surface area contributed by atoms with E-state index in [0.29, 0.717) is 30.5 Å². The summed E-state index contributed by atoms with van der Waals surface area (Å²) in [4.78, 5) is 24.0. The van der Waals surface area contributed by atoms with Gasteiger partial charge in [-0.25, -0.2) is 4.98 Å². The van der Waals surface area contributed by atoms with Crippen LogP contribution in [0.4, 0.5) is 5.13 Å². The van der Waals surface area contributed by atoms with Gasteiger partial charge in [-0.1, -0.05) is 17.4 Å². The molecule has 8 heteroatoms. The lowest BCUT2D eigenvalue weighted by Crippen LogP contribution is -2.31. The molecule has 148 valence electrons. The summed E-state index contributed by atoms with van der Waals surface area (Å²) in [5.41, 5.74) is 1.99. The van der Waals surface area contributed by atoms with Gasteiger partial charge in [-0.05, 0) is 50.2 Å². The maximum absolute atomic E-state index is 13.3. The Hall–Kier alpha value is -3.26. The largest absolute Gasteiger partial charge is 0.494 e. The molecule has 0 spiro atoms. The van der Waals surface area contributed by atoms with Crippen molar-refractivity contribution in [2.45, 2.75) is 26.9 Å². The summed E-state index contributed by atoms with van der Waals surface area (Å²) in [6.07, 6.45) is 3.52. The summed E-state index contributed by atoms with van der Waals surface area (Å²) in [6, 6.07) is 13.1. The van der Waals surface area contributed by atoms with E-state index in [0.717, 1.165) is 21.7 Å².